The summed E-state index contributed by atoms with van der Waals surface area (Å²) in [5.41, 5.74) is 1.71. The SMILES string of the molecule is O=c1ccc2ccc(Oc3cc(-c4ccccc4)nc4ncnn34)cc2o1. The maximum atomic E-state index is 11.5. The molecule has 3 aromatic heterocycles. The number of hydrogen-bond acceptors (Lipinski definition) is 6. The second-order valence-electron chi connectivity index (χ2n) is 5.87. The molecule has 0 atom stereocenters. The van der Waals surface area contributed by atoms with Crippen molar-refractivity contribution in [3.8, 4) is 22.9 Å². The lowest BCUT2D eigenvalue weighted by Gasteiger charge is -2.09. The van der Waals surface area contributed by atoms with Crippen LogP contribution in [-0.2, 0) is 0 Å². The van der Waals surface area contributed by atoms with Crippen LogP contribution in [0.5, 0.6) is 11.6 Å². The molecule has 130 valence electrons. The topological polar surface area (TPSA) is 82.5 Å². The van der Waals surface area contributed by atoms with Crippen LogP contribution in [0.15, 0.2) is 82.3 Å². The molecule has 0 N–H and O–H groups in total. The molecule has 0 unspecified atom stereocenters. The zero-order valence-electron chi connectivity index (χ0n) is 13.9. The smallest absolute Gasteiger partial charge is 0.336 e. The first-order chi connectivity index (χ1) is 13.3. The molecular formula is C20H12N4O3. The molecule has 5 rings (SSSR count). The Kier molecular flexibility index (Phi) is 3.43. The van der Waals surface area contributed by atoms with Gasteiger partial charge in [0.25, 0.3) is 5.78 Å². The first kappa shape index (κ1) is 15.3. The van der Waals surface area contributed by atoms with Crippen LogP contribution in [0.25, 0.3) is 28.0 Å². The molecule has 27 heavy (non-hydrogen) atoms. The first-order valence-corrected chi connectivity index (χ1v) is 8.24. The van der Waals surface area contributed by atoms with Gasteiger partial charge < -0.3 is 9.15 Å². The fourth-order valence-electron chi connectivity index (χ4n) is 2.84. The van der Waals surface area contributed by atoms with Crippen molar-refractivity contribution in [1.82, 2.24) is 19.6 Å². The number of nitrogens with zero attached hydrogens (tertiary/aromatic N) is 4. The second-order valence-corrected chi connectivity index (χ2v) is 5.87. The van der Waals surface area contributed by atoms with E-state index in [2.05, 4.69) is 15.1 Å². The van der Waals surface area contributed by atoms with Crippen molar-refractivity contribution < 1.29 is 9.15 Å². The molecule has 0 aliphatic heterocycles. The van der Waals surface area contributed by atoms with E-state index >= 15 is 0 Å². The van der Waals surface area contributed by atoms with Crippen LogP contribution in [0.4, 0.5) is 0 Å². The van der Waals surface area contributed by atoms with Crippen LogP contribution >= 0.6 is 0 Å². The predicted molar refractivity (Wildman–Crippen MR) is 98.8 cm³/mol. The van der Waals surface area contributed by atoms with E-state index in [1.807, 2.05) is 36.4 Å². The average molecular weight is 356 g/mol. The van der Waals surface area contributed by atoms with E-state index in [4.69, 9.17) is 9.15 Å². The summed E-state index contributed by atoms with van der Waals surface area (Å²) in [4.78, 5) is 20.1. The molecule has 0 saturated heterocycles. The molecule has 0 amide bonds. The standard InChI is InChI=1S/C20H12N4O3/c25-19-9-7-14-6-8-15(10-17(14)27-19)26-18-11-16(13-4-2-1-3-5-13)23-20-21-12-22-24(18)20/h1-12H. The third-order valence-electron chi connectivity index (χ3n) is 4.11. The fraction of sp³-hybridized carbons (Fsp3) is 0. The molecule has 0 radical (unpaired) electrons. The number of aromatic nitrogens is 4. The fourth-order valence-corrected chi connectivity index (χ4v) is 2.84. The number of benzene rings is 2. The first-order valence-electron chi connectivity index (χ1n) is 8.24. The van der Waals surface area contributed by atoms with Crippen molar-refractivity contribution in [2.75, 3.05) is 0 Å². The molecule has 0 spiro atoms. The highest BCUT2D eigenvalue weighted by atomic mass is 16.5. The Balaban J connectivity index is 1.62. The van der Waals surface area contributed by atoms with Gasteiger partial charge in [0.1, 0.15) is 17.7 Å². The molecule has 2 aromatic carbocycles. The lowest BCUT2D eigenvalue weighted by Crippen LogP contribution is -2.00. The zero-order valence-corrected chi connectivity index (χ0v) is 13.9. The largest absolute Gasteiger partial charge is 0.439 e. The number of hydrogen-bond donors (Lipinski definition) is 0. The summed E-state index contributed by atoms with van der Waals surface area (Å²) in [6.07, 6.45) is 1.42. The molecule has 5 aromatic rings. The molecule has 0 saturated carbocycles. The summed E-state index contributed by atoms with van der Waals surface area (Å²) < 4.78 is 12.8. The highest BCUT2D eigenvalue weighted by Gasteiger charge is 2.12. The molecule has 0 aliphatic carbocycles. The molecule has 0 aliphatic rings. The molecule has 7 heteroatoms. The van der Waals surface area contributed by atoms with Gasteiger partial charge in [-0.15, -0.1) is 0 Å². The van der Waals surface area contributed by atoms with Crippen LogP contribution in [0.3, 0.4) is 0 Å². The van der Waals surface area contributed by atoms with Crippen molar-refractivity contribution in [1.29, 1.82) is 0 Å². The Bertz CT molecular complexity index is 1330. The second kappa shape index (κ2) is 6.06. The Labute approximate surface area is 152 Å². The minimum absolute atomic E-state index is 0.409. The summed E-state index contributed by atoms with van der Waals surface area (Å²) in [5.74, 6) is 1.39. The van der Waals surface area contributed by atoms with E-state index in [-0.39, 0.29) is 0 Å². The number of fused-ring (bicyclic) bond motifs is 2. The Hall–Kier alpha value is -4.00. The maximum Gasteiger partial charge on any atom is 0.336 e. The van der Waals surface area contributed by atoms with Crippen molar-refractivity contribution in [3.05, 3.63) is 83.5 Å². The Morgan fingerprint density at radius 3 is 2.70 bits per heavy atom. The van der Waals surface area contributed by atoms with E-state index in [0.717, 1.165) is 16.6 Å². The van der Waals surface area contributed by atoms with Crippen molar-refractivity contribution in [3.63, 3.8) is 0 Å². The Morgan fingerprint density at radius 1 is 0.963 bits per heavy atom. The van der Waals surface area contributed by atoms with E-state index in [0.29, 0.717) is 23.0 Å². The van der Waals surface area contributed by atoms with Gasteiger partial charge in [0.15, 0.2) is 0 Å². The van der Waals surface area contributed by atoms with E-state index in [9.17, 15) is 4.79 Å². The van der Waals surface area contributed by atoms with Gasteiger partial charge in [-0.1, -0.05) is 30.3 Å². The van der Waals surface area contributed by atoms with Gasteiger partial charge in [-0.25, -0.2) is 9.78 Å². The molecule has 0 bridgehead atoms. The summed E-state index contributed by atoms with van der Waals surface area (Å²) >= 11 is 0. The van der Waals surface area contributed by atoms with Gasteiger partial charge in [0.05, 0.1) is 5.69 Å². The van der Waals surface area contributed by atoms with Crippen molar-refractivity contribution in [2.24, 2.45) is 0 Å². The van der Waals surface area contributed by atoms with Crippen LogP contribution < -0.4 is 10.4 Å². The lowest BCUT2D eigenvalue weighted by molar-refractivity contribution is 0.445. The van der Waals surface area contributed by atoms with Gasteiger partial charge >= 0.3 is 5.63 Å². The quantitative estimate of drug-likeness (QED) is 0.459. The third-order valence-corrected chi connectivity index (χ3v) is 4.11. The van der Waals surface area contributed by atoms with Crippen LogP contribution in [0, 0.1) is 0 Å². The monoisotopic (exact) mass is 356 g/mol. The van der Waals surface area contributed by atoms with Gasteiger partial charge in [-0.05, 0) is 18.2 Å². The van der Waals surface area contributed by atoms with Crippen LogP contribution in [0.2, 0.25) is 0 Å². The van der Waals surface area contributed by atoms with Crippen LogP contribution in [-0.4, -0.2) is 19.6 Å². The van der Waals surface area contributed by atoms with Gasteiger partial charge in [-0.2, -0.15) is 14.6 Å². The van der Waals surface area contributed by atoms with E-state index < -0.39 is 5.63 Å². The van der Waals surface area contributed by atoms with Crippen LogP contribution in [0.1, 0.15) is 0 Å². The van der Waals surface area contributed by atoms with Gasteiger partial charge in [0.2, 0.25) is 5.88 Å². The van der Waals surface area contributed by atoms with Gasteiger partial charge in [0, 0.05) is 29.1 Å². The average Bonchev–Trinajstić information content (AvgIpc) is 3.17. The number of ether oxygens (including phenoxy) is 1. The van der Waals surface area contributed by atoms with Gasteiger partial charge in [-0.3, -0.25) is 0 Å². The predicted octanol–water partition coefficient (Wildman–Crippen LogP) is 3.69. The number of rotatable bonds is 3. The maximum absolute atomic E-state index is 11.5. The van der Waals surface area contributed by atoms with Crippen molar-refractivity contribution >= 4 is 16.7 Å². The summed E-state index contributed by atoms with van der Waals surface area (Å²) in [7, 11) is 0. The third kappa shape index (κ3) is 2.81. The van der Waals surface area contributed by atoms with E-state index in [1.54, 1.807) is 24.3 Å². The molecular weight excluding hydrogens is 344 g/mol. The minimum atomic E-state index is -0.409. The molecule has 0 fully saturated rings. The minimum Gasteiger partial charge on any atom is -0.439 e. The molecule has 7 nitrogen and oxygen atoms in total. The summed E-state index contributed by atoms with van der Waals surface area (Å²) in [6, 6.07) is 19.9. The highest BCUT2D eigenvalue weighted by molar-refractivity contribution is 5.77. The van der Waals surface area contributed by atoms with E-state index in [1.165, 1.54) is 16.9 Å². The summed E-state index contributed by atoms with van der Waals surface area (Å²) in [6.45, 7) is 0. The van der Waals surface area contributed by atoms with Crippen molar-refractivity contribution in [2.45, 2.75) is 0 Å². The summed E-state index contributed by atoms with van der Waals surface area (Å²) in [5, 5.41) is 4.98. The molecule has 3 heterocycles. The zero-order chi connectivity index (χ0) is 18.2. The normalized spacial score (nSPS) is 11.1. The Morgan fingerprint density at radius 2 is 1.81 bits per heavy atom. The highest BCUT2D eigenvalue weighted by Crippen LogP contribution is 2.28. The lowest BCUT2D eigenvalue weighted by atomic mass is 10.1.